The van der Waals surface area contributed by atoms with Crippen molar-refractivity contribution in [3.63, 3.8) is 0 Å². The second-order valence-corrected chi connectivity index (χ2v) is 11.3. The minimum atomic E-state index is -1.15. The zero-order chi connectivity index (χ0) is 59.6. The summed E-state index contributed by atoms with van der Waals surface area (Å²) in [4.78, 5) is 0. The molecule has 11 rings (SSSR count). The van der Waals surface area contributed by atoms with Gasteiger partial charge in [0.2, 0.25) is 0 Å². The molecule has 0 aliphatic heterocycles. The second kappa shape index (κ2) is 10.9. The van der Waals surface area contributed by atoms with Gasteiger partial charge in [-0.3, -0.25) is 0 Å². The highest BCUT2D eigenvalue weighted by Crippen LogP contribution is 2.48. The SMILES string of the molecule is [2H]c1c(-c2c([2H])c([2H])c(-c3c4c([2H])c([2H])c([2H])c([2H])c4c(-c4c([2H])c([2H])c([2H])c5c([2H])c([2H])c([2H])c([2H])c45)c4c([2H])c([2H])c([2H])c([2H])c34)c3c([2H])c([2H])c([2H])c([2H])c23)c([2H])c2c(oc3c([2H])c([2H])c4c([2H])c([2H])c([2H])c([2H])c4c32)c1[2H]. The van der Waals surface area contributed by atoms with Gasteiger partial charge in [-0.25, -0.2) is 0 Å². The van der Waals surface area contributed by atoms with E-state index in [0.717, 1.165) is 0 Å². The third-order valence-corrected chi connectivity index (χ3v) is 8.64. The van der Waals surface area contributed by atoms with E-state index in [4.69, 9.17) is 29.1 Å². The van der Waals surface area contributed by atoms with Gasteiger partial charge in [0.25, 0.3) is 0 Å². The molecule has 0 amide bonds. The van der Waals surface area contributed by atoms with Crippen LogP contribution in [0.3, 0.4) is 0 Å². The lowest BCUT2D eigenvalue weighted by Crippen LogP contribution is -1.93. The van der Waals surface area contributed by atoms with Crippen LogP contribution in [0.1, 0.15) is 41.1 Å². The first-order chi connectivity index (χ1) is 37.8. The molecule has 0 unspecified atom stereocenters. The topological polar surface area (TPSA) is 13.1 Å². The van der Waals surface area contributed by atoms with E-state index in [9.17, 15) is 16.4 Å². The minimum absolute atomic E-state index is 0.413. The number of benzene rings is 10. The molecule has 1 heterocycles. The summed E-state index contributed by atoms with van der Waals surface area (Å²) in [5.74, 6) is 0. The molecule has 0 atom stereocenters. The van der Waals surface area contributed by atoms with E-state index in [0.29, 0.717) is 0 Å². The monoisotopic (exact) mass is 676 g/mol. The fraction of sp³-hybridized carbons (Fsp3) is 0. The highest BCUT2D eigenvalue weighted by molar-refractivity contribution is 6.26. The van der Waals surface area contributed by atoms with Gasteiger partial charge in [-0.1, -0.05) is 163 Å². The highest BCUT2D eigenvalue weighted by Gasteiger charge is 2.20. The van der Waals surface area contributed by atoms with Gasteiger partial charge in [-0.05, 0) is 105 Å². The Morgan fingerprint density at radius 2 is 0.784 bits per heavy atom. The van der Waals surface area contributed by atoms with Crippen LogP contribution in [0.5, 0.6) is 0 Å². The van der Waals surface area contributed by atoms with E-state index in [1.807, 2.05) is 0 Å². The lowest BCUT2D eigenvalue weighted by atomic mass is 9.83. The number of hydrogen-bond donors (Lipinski definition) is 0. The van der Waals surface area contributed by atoms with Crippen molar-refractivity contribution < 1.29 is 45.5 Å². The molecule has 1 aromatic heterocycles. The molecular weight excluding hydrogens is 617 g/mol. The van der Waals surface area contributed by atoms with Crippen LogP contribution in [-0.4, -0.2) is 0 Å². The molecule has 236 valence electrons. The Labute approximate surface area is 336 Å². The van der Waals surface area contributed by atoms with Gasteiger partial charge < -0.3 is 4.42 Å². The predicted octanol–water partition coefficient (Wildman–Crippen LogP) is 14.4. The van der Waals surface area contributed by atoms with Gasteiger partial charge in [-0.15, -0.1) is 0 Å². The maximum atomic E-state index is 10.0. The molecule has 0 N–H and O–H groups in total. The van der Waals surface area contributed by atoms with Crippen molar-refractivity contribution in [1.29, 1.82) is 0 Å². The Kier molecular flexibility index (Phi) is 2.50. The number of fused-ring (bicyclic) bond motifs is 9. The zero-order valence-electron chi connectivity index (χ0n) is 55.4. The van der Waals surface area contributed by atoms with Crippen LogP contribution in [0.2, 0.25) is 0 Å². The maximum absolute atomic E-state index is 10.0. The van der Waals surface area contributed by atoms with Crippen molar-refractivity contribution in [3.8, 4) is 33.4 Å². The summed E-state index contributed by atoms with van der Waals surface area (Å²) in [6.45, 7) is 0. The first kappa shape index (κ1) is 11.7. The average Bonchev–Trinajstić information content (AvgIpc) is 3.18. The van der Waals surface area contributed by atoms with Crippen molar-refractivity contribution in [1.82, 2.24) is 0 Å². The summed E-state index contributed by atoms with van der Waals surface area (Å²) in [5, 5.41) is -8.03. The fourth-order valence-electron chi connectivity index (χ4n) is 6.52. The Hall–Kier alpha value is -6.70. The van der Waals surface area contributed by atoms with Crippen molar-refractivity contribution >= 4 is 75.8 Å². The third-order valence-electron chi connectivity index (χ3n) is 8.64. The first-order valence-corrected chi connectivity index (χ1v) is 15.2. The molecule has 11 aromatic rings. The smallest absolute Gasteiger partial charge is 0.136 e. The predicted molar refractivity (Wildman–Crippen MR) is 218 cm³/mol. The molecule has 0 saturated carbocycles. The van der Waals surface area contributed by atoms with Crippen LogP contribution < -0.4 is 0 Å². The Bertz CT molecular complexity index is 4840. The van der Waals surface area contributed by atoms with Crippen molar-refractivity contribution in [2.45, 2.75) is 0 Å². The van der Waals surface area contributed by atoms with E-state index in [-0.39, 0.29) is 0 Å². The molecule has 0 spiro atoms. The molecule has 0 aliphatic rings. The summed E-state index contributed by atoms with van der Waals surface area (Å²) in [6, 6.07) is -28.7. The van der Waals surface area contributed by atoms with Crippen LogP contribution in [-0.2, 0) is 0 Å². The molecule has 0 fully saturated rings. The molecule has 0 saturated heterocycles. The summed E-state index contributed by atoms with van der Waals surface area (Å²) >= 11 is 0. The lowest BCUT2D eigenvalue weighted by molar-refractivity contribution is 0.669. The van der Waals surface area contributed by atoms with Crippen LogP contribution in [0.25, 0.3) is 109 Å². The van der Waals surface area contributed by atoms with Gasteiger partial charge in [0, 0.05) is 10.8 Å². The largest absolute Gasteiger partial charge is 0.456 e. The highest BCUT2D eigenvalue weighted by atomic mass is 16.3. The molecule has 10 aromatic carbocycles. The van der Waals surface area contributed by atoms with Gasteiger partial charge in [0.1, 0.15) is 11.2 Å². The number of hydrogen-bond acceptors (Lipinski definition) is 1. The Morgan fingerprint density at radius 3 is 1.45 bits per heavy atom. The summed E-state index contributed by atoms with van der Waals surface area (Å²) in [7, 11) is 0. The number of rotatable bonds is 3. The summed E-state index contributed by atoms with van der Waals surface area (Å²) in [5.41, 5.74) is -6.01. The fourth-order valence-corrected chi connectivity index (χ4v) is 6.52. The first-order valence-electron chi connectivity index (χ1n) is 30.2. The second-order valence-electron chi connectivity index (χ2n) is 11.3. The van der Waals surface area contributed by atoms with Gasteiger partial charge in [0.15, 0.2) is 0 Å². The molecule has 1 nitrogen and oxygen atoms in total. The van der Waals surface area contributed by atoms with E-state index < -0.39 is 290 Å². The quantitative estimate of drug-likeness (QED) is 0.170. The van der Waals surface area contributed by atoms with E-state index >= 15 is 0 Å². The Balaban J connectivity index is 1.44. The summed E-state index contributed by atoms with van der Waals surface area (Å²) < 4.78 is 280. The van der Waals surface area contributed by atoms with Crippen LogP contribution in [0, 0.1) is 0 Å². The normalized spacial score (nSPS) is 20.2. The van der Waals surface area contributed by atoms with Gasteiger partial charge in [-0.2, -0.15) is 0 Å². The molecule has 0 radical (unpaired) electrons. The molecular formula is C50H30O. The van der Waals surface area contributed by atoms with Crippen LogP contribution >= 0.6 is 0 Å². The van der Waals surface area contributed by atoms with Crippen molar-refractivity contribution in [2.75, 3.05) is 0 Å². The molecule has 0 aliphatic carbocycles. The molecule has 0 bridgehead atoms. The zero-order valence-corrected chi connectivity index (χ0v) is 25.4. The van der Waals surface area contributed by atoms with Gasteiger partial charge >= 0.3 is 0 Å². The lowest BCUT2D eigenvalue weighted by Gasteiger charge is -2.20. The third kappa shape index (κ3) is 4.16. The number of furan rings is 1. The van der Waals surface area contributed by atoms with Gasteiger partial charge in [0.05, 0.1) is 41.1 Å². The maximum Gasteiger partial charge on any atom is 0.136 e. The van der Waals surface area contributed by atoms with E-state index in [1.54, 1.807) is 0 Å². The van der Waals surface area contributed by atoms with E-state index in [1.165, 1.54) is 0 Å². The minimum Gasteiger partial charge on any atom is -0.456 e. The van der Waals surface area contributed by atoms with Crippen molar-refractivity contribution in [2.24, 2.45) is 0 Å². The average molecular weight is 677 g/mol. The Morgan fingerprint density at radius 1 is 0.314 bits per heavy atom. The van der Waals surface area contributed by atoms with E-state index in [2.05, 4.69) is 0 Å². The standard InChI is InChI=1S/C50H30O/c1-3-15-34-31(12-1)14-11-23-39(34)48-40-19-7-9-21-42(40)49(43-22-10-8-20-41(43)48)44-27-26-35(37-17-5-6-18-38(37)44)33-25-28-46-45(30-33)50-36-16-4-2-13-32(36)24-29-47(50)51-46/h1-30H/i1D,2D,3D,4D,5D,6D,7D,8D,9D,10D,11D,12D,13D,14D,15D,16D,17D,18D,19D,20D,21D,22D,23D,24D,25D,26D,27D,28D,29D,30D. The van der Waals surface area contributed by atoms with Crippen LogP contribution in [0.15, 0.2) is 186 Å². The molecule has 1 heteroatoms. The van der Waals surface area contributed by atoms with Crippen molar-refractivity contribution in [3.05, 3.63) is 181 Å². The van der Waals surface area contributed by atoms with Crippen LogP contribution in [0.4, 0.5) is 0 Å². The summed E-state index contributed by atoms with van der Waals surface area (Å²) in [6.07, 6.45) is 0. The molecule has 51 heavy (non-hydrogen) atoms.